The van der Waals surface area contributed by atoms with Crippen molar-refractivity contribution < 1.29 is 19.2 Å². The molecule has 0 fully saturated rings. The van der Waals surface area contributed by atoms with Gasteiger partial charge in [0.05, 0.1) is 12.3 Å². The number of anilines is 2. The highest BCUT2D eigenvalue weighted by Gasteiger charge is 2.17. The normalized spacial score (nSPS) is 11.0. The number of unbranched alkanes of at least 4 members (excludes halogenated alkanes) is 11. The molecule has 0 atom stereocenters. The van der Waals surface area contributed by atoms with Crippen LogP contribution in [-0.4, -0.2) is 17.7 Å². The van der Waals surface area contributed by atoms with E-state index >= 15 is 0 Å². The monoisotopic (exact) mass is 415 g/mol. The van der Waals surface area contributed by atoms with E-state index in [9.17, 15) is 4.79 Å². The smallest absolute Gasteiger partial charge is 0.371 e. The van der Waals surface area contributed by atoms with Crippen LogP contribution in [0.25, 0.3) is 0 Å². The van der Waals surface area contributed by atoms with Gasteiger partial charge in [0, 0.05) is 6.07 Å². The average molecular weight is 416 g/mol. The zero-order chi connectivity index (χ0) is 21.4. The molecule has 0 saturated heterocycles. The number of benzene rings is 1. The van der Waals surface area contributed by atoms with Gasteiger partial charge >= 0.3 is 5.97 Å². The largest absolute Gasteiger partial charge is 0.475 e. The first kappa shape index (κ1) is 24.0. The van der Waals surface area contributed by atoms with Crippen LogP contribution in [0.4, 0.5) is 11.6 Å². The molecular weight excluding hydrogens is 378 g/mol. The Kier molecular flexibility index (Phi) is 11.7. The molecule has 0 saturated carbocycles. The minimum absolute atomic E-state index is 0.0973. The first-order valence-corrected chi connectivity index (χ1v) is 11.5. The Balaban J connectivity index is 1.63. The highest BCUT2D eigenvalue weighted by atomic mass is 16.7. The molecule has 0 aliphatic heterocycles. The minimum Gasteiger partial charge on any atom is -0.475 e. The number of aromatic carboxylic acids is 1. The third kappa shape index (κ3) is 9.04. The van der Waals surface area contributed by atoms with Gasteiger partial charge in [0.1, 0.15) is 0 Å². The topological polar surface area (TPSA) is 62.9 Å². The summed E-state index contributed by atoms with van der Waals surface area (Å²) in [7, 11) is 0. The SMILES string of the molecule is CCCCCCCCCCCCCCON(c1ccccc1)c1ccc(C(=O)O)o1. The fourth-order valence-corrected chi connectivity index (χ4v) is 3.48. The molecule has 2 rings (SSSR count). The summed E-state index contributed by atoms with van der Waals surface area (Å²) in [6.45, 7) is 2.83. The van der Waals surface area contributed by atoms with E-state index in [0.717, 1.165) is 18.5 Å². The molecule has 30 heavy (non-hydrogen) atoms. The zero-order valence-corrected chi connectivity index (χ0v) is 18.4. The number of carboxylic acid groups (broad SMARTS) is 1. The van der Waals surface area contributed by atoms with Crippen molar-refractivity contribution in [1.82, 2.24) is 0 Å². The molecule has 0 aliphatic rings. The third-order valence-corrected chi connectivity index (χ3v) is 5.21. The molecule has 0 spiro atoms. The predicted molar refractivity (Wildman–Crippen MR) is 121 cm³/mol. The predicted octanol–water partition coefficient (Wildman–Crippen LogP) is 7.75. The summed E-state index contributed by atoms with van der Waals surface area (Å²) in [6, 6.07) is 12.6. The molecule has 1 aromatic carbocycles. The molecule has 5 nitrogen and oxygen atoms in total. The summed E-state index contributed by atoms with van der Waals surface area (Å²) in [6.07, 6.45) is 15.6. The van der Waals surface area contributed by atoms with Gasteiger partial charge in [-0.3, -0.25) is 4.84 Å². The summed E-state index contributed by atoms with van der Waals surface area (Å²) in [5.41, 5.74) is 0.808. The van der Waals surface area contributed by atoms with Crippen LogP contribution in [0.3, 0.4) is 0 Å². The highest BCUT2D eigenvalue weighted by Crippen LogP contribution is 2.28. The Morgan fingerprint density at radius 3 is 1.93 bits per heavy atom. The van der Waals surface area contributed by atoms with Gasteiger partial charge in [0.2, 0.25) is 11.6 Å². The Bertz CT molecular complexity index is 698. The quantitative estimate of drug-likeness (QED) is 0.211. The van der Waals surface area contributed by atoms with E-state index in [-0.39, 0.29) is 5.76 Å². The molecule has 1 heterocycles. The van der Waals surface area contributed by atoms with Crippen LogP contribution in [0, 0.1) is 0 Å². The minimum atomic E-state index is -1.09. The molecule has 2 aromatic rings. The molecular formula is C25H37NO4. The summed E-state index contributed by atoms with van der Waals surface area (Å²) in [4.78, 5) is 17.1. The lowest BCUT2D eigenvalue weighted by atomic mass is 10.1. The van der Waals surface area contributed by atoms with Crippen molar-refractivity contribution in [1.29, 1.82) is 0 Å². The third-order valence-electron chi connectivity index (χ3n) is 5.21. The van der Waals surface area contributed by atoms with Gasteiger partial charge in [-0.1, -0.05) is 95.8 Å². The number of rotatable bonds is 17. The van der Waals surface area contributed by atoms with Crippen LogP contribution in [0.15, 0.2) is 46.9 Å². The number of carboxylic acids is 1. The van der Waals surface area contributed by atoms with E-state index in [1.807, 2.05) is 30.3 Å². The summed E-state index contributed by atoms with van der Waals surface area (Å²) < 4.78 is 5.43. The van der Waals surface area contributed by atoms with Gasteiger partial charge in [-0.05, 0) is 24.6 Å². The lowest BCUT2D eigenvalue weighted by molar-refractivity contribution is 0.0658. The van der Waals surface area contributed by atoms with E-state index in [1.54, 1.807) is 11.1 Å². The second-order valence-electron chi connectivity index (χ2n) is 7.80. The van der Waals surface area contributed by atoms with Gasteiger partial charge in [-0.15, -0.1) is 0 Å². The van der Waals surface area contributed by atoms with Gasteiger partial charge < -0.3 is 9.52 Å². The molecule has 0 unspecified atom stereocenters. The zero-order valence-electron chi connectivity index (χ0n) is 18.4. The van der Waals surface area contributed by atoms with Crippen molar-refractivity contribution in [3.63, 3.8) is 0 Å². The van der Waals surface area contributed by atoms with Crippen molar-refractivity contribution in [3.8, 4) is 0 Å². The maximum atomic E-state index is 11.1. The van der Waals surface area contributed by atoms with Gasteiger partial charge in [-0.25, -0.2) is 4.79 Å². The fraction of sp³-hybridized carbons (Fsp3) is 0.560. The van der Waals surface area contributed by atoms with E-state index in [1.165, 1.54) is 70.3 Å². The highest BCUT2D eigenvalue weighted by molar-refractivity contribution is 5.85. The number of hydrogen-bond acceptors (Lipinski definition) is 4. The van der Waals surface area contributed by atoms with E-state index < -0.39 is 5.97 Å². The first-order chi connectivity index (χ1) is 14.7. The number of carbonyl (C=O) groups is 1. The lowest BCUT2D eigenvalue weighted by Gasteiger charge is -2.21. The van der Waals surface area contributed by atoms with Crippen LogP contribution in [0.1, 0.15) is 94.5 Å². The average Bonchev–Trinajstić information content (AvgIpc) is 3.25. The fourth-order valence-electron chi connectivity index (χ4n) is 3.48. The molecule has 5 heteroatoms. The van der Waals surface area contributed by atoms with E-state index in [2.05, 4.69) is 6.92 Å². The Morgan fingerprint density at radius 2 is 1.40 bits per heavy atom. The van der Waals surface area contributed by atoms with Crippen molar-refractivity contribution in [2.45, 2.75) is 84.0 Å². The maximum absolute atomic E-state index is 11.1. The van der Waals surface area contributed by atoms with E-state index in [0.29, 0.717) is 12.5 Å². The van der Waals surface area contributed by atoms with Crippen LogP contribution in [-0.2, 0) is 4.84 Å². The summed E-state index contributed by atoms with van der Waals surface area (Å²) >= 11 is 0. The second-order valence-corrected chi connectivity index (χ2v) is 7.80. The summed E-state index contributed by atoms with van der Waals surface area (Å²) in [5, 5.41) is 10.7. The number of furan rings is 1. The molecule has 0 bridgehead atoms. The lowest BCUT2D eigenvalue weighted by Crippen LogP contribution is -2.18. The molecule has 1 N–H and O–H groups in total. The maximum Gasteiger partial charge on any atom is 0.371 e. The van der Waals surface area contributed by atoms with Gasteiger partial charge in [-0.2, -0.15) is 5.06 Å². The van der Waals surface area contributed by atoms with Crippen molar-refractivity contribution in [2.24, 2.45) is 0 Å². The number of nitrogens with zero attached hydrogens (tertiary/aromatic N) is 1. The Hall–Kier alpha value is -2.27. The number of hydrogen-bond donors (Lipinski definition) is 1. The van der Waals surface area contributed by atoms with Crippen LogP contribution < -0.4 is 5.06 Å². The second kappa shape index (κ2) is 14.7. The molecule has 0 radical (unpaired) electrons. The molecule has 1 aromatic heterocycles. The summed E-state index contributed by atoms with van der Waals surface area (Å²) in [5.74, 6) is -0.812. The first-order valence-electron chi connectivity index (χ1n) is 11.5. The van der Waals surface area contributed by atoms with Crippen molar-refractivity contribution in [2.75, 3.05) is 11.7 Å². The Labute approximate surface area is 181 Å². The molecule has 166 valence electrons. The van der Waals surface area contributed by atoms with Gasteiger partial charge in [0.15, 0.2) is 0 Å². The Morgan fingerprint density at radius 1 is 0.833 bits per heavy atom. The van der Waals surface area contributed by atoms with Crippen LogP contribution in [0.5, 0.6) is 0 Å². The van der Waals surface area contributed by atoms with Crippen LogP contribution in [0.2, 0.25) is 0 Å². The van der Waals surface area contributed by atoms with Gasteiger partial charge in [0.25, 0.3) is 0 Å². The van der Waals surface area contributed by atoms with E-state index in [4.69, 9.17) is 14.4 Å². The van der Waals surface area contributed by atoms with Crippen molar-refractivity contribution >= 4 is 17.5 Å². The molecule has 0 amide bonds. The van der Waals surface area contributed by atoms with Crippen LogP contribution >= 0.6 is 0 Å². The number of para-hydroxylation sites is 1. The standard InChI is InChI=1S/C25H37NO4/c1-2-3-4-5-6-7-8-9-10-11-12-16-21-29-26(22-17-14-13-15-18-22)24-20-19-23(30-24)25(27)28/h13-15,17-20H,2-12,16,21H2,1H3,(H,27,28). The molecule has 0 aliphatic carbocycles. The van der Waals surface area contributed by atoms with Crippen molar-refractivity contribution in [3.05, 3.63) is 48.2 Å².